The Labute approximate surface area is 195 Å². The van der Waals surface area contributed by atoms with Crippen LogP contribution in [0, 0.1) is 0 Å². The predicted molar refractivity (Wildman–Crippen MR) is 130 cm³/mol. The summed E-state index contributed by atoms with van der Waals surface area (Å²) in [4.78, 5) is 14.0. The molecule has 0 atom stereocenters. The summed E-state index contributed by atoms with van der Waals surface area (Å²) in [6, 6.07) is 17.6. The number of aryl methyl sites for hydroxylation is 3. The van der Waals surface area contributed by atoms with Crippen LogP contribution in [0.1, 0.15) is 12.5 Å². The molecular formula is C23H22ClN3O3S2. The van der Waals surface area contributed by atoms with Crippen molar-refractivity contribution in [2.75, 3.05) is 4.72 Å². The maximum atomic E-state index is 13.1. The number of imidazole rings is 1. The minimum absolute atomic E-state index is 0.172. The number of sulfonamides is 1. The molecule has 0 amide bonds. The van der Waals surface area contributed by atoms with E-state index in [-0.39, 0.29) is 10.6 Å². The van der Waals surface area contributed by atoms with E-state index in [1.165, 1.54) is 20.9 Å². The van der Waals surface area contributed by atoms with Gasteiger partial charge in [0.05, 0.1) is 26.6 Å². The van der Waals surface area contributed by atoms with E-state index in [2.05, 4.69) is 4.72 Å². The van der Waals surface area contributed by atoms with E-state index in [0.717, 1.165) is 16.9 Å². The molecule has 0 fully saturated rings. The maximum absolute atomic E-state index is 13.1. The molecule has 0 aliphatic rings. The molecule has 9 heteroatoms. The Morgan fingerprint density at radius 2 is 1.56 bits per heavy atom. The summed E-state index contributed by atoms with van der Waals surface area (Å²) in [7, 11) is -0.490. The minimum atomic E-state index is -3.84. The highest BCUT2D eigenvalue weighted by molar-refractivity contribution is 7.99. The van der Waals surface area contributed by atoms with Crippen LogP contribution < -0.4 is 10.4 Å². The lowest BCUT2D eigenvalue weighted by atomic mass is 10.2. The van der Waals surface area contributed by atoms with Crippen LogP contribution in [0.2, 0.25) is 5.02 Å². The first-order chi connectivity index (χ1) is 15.2. The van der Waals surface area contributed by atoms with Gasteiger partial charge in [0.1, 0.15) is 0 Å². The van der Waals surface area contributed by atoms with Gasteiger partial charge in [-0.3, -0.25) is 13.9 Å². The first-order valence-corrected chi connectivity index (χ1v) is 12.6. The molecule has 6 nitrogen and oxygen atoms in total. The molecule has 0 aliphatic carbocycles. The average molecular weight is 488 g/mol. The molecule has 0 unspecified atom stereocenters. The Balaban J connectivity index is 1.85. The summed E-state index contributed by atoms with van der Waals surface area (Å²) in [6.07, 6.45) is 0.824. The summed E-state index contributed by atoms with van der Waals surface area (Å²) >= 11 is 7.68. The lowest BCUT2D eigenvalue weighted by molar-refractivity contribution is 0.601. The fraction of sp³-hybridized carbons (Fsp3) is 0.174. The second-order valence-corrected chi connectivity index (χ2v) is 10.5. The van der Waals surface area contributed by atoms with Crippen molar-refractivity contribution in [2.45, 2.75) is 28.0 Å². The van der Waals surface area contributed by atoms with Crippen molar-refractivity contribution in [1.29, 1.82) is 0 Å². The molecule has 1 aromatic heterocycles. The molecule has 0 bridgehead atoms. The number of anilines is 1. The summed E-state index contributed by atoms with van der Waals surface area (Å²) in [6.45, 7) is 2.01. The number of nitrogens with zero attached hydrogens (tertiary/aromatic N) is 2. The highest BCUT2D eigenvalue weighted by Gasteiger charge is 2.20. The number of nitrogens with one attached hydrogen (secondary N) is 1. The number of hydrogen-bond acceptors (Lipinski definition) is 4. The van der Waals surface area contributed by atoms with Gasteiger partial charge in [-0.25, -0.2) is 13.2 Å². The third-order valence-electron chi connectivity index (χ3n) is 5.32. The highest BCUT2D eigenvalue weighted by Crippen LogP contribution is 2.39. The monoisotopic (exact) mass is 487 g/mol. The van der Waals surface area contributed by atoms with Crippen molar-refractivity contribution < 1.29 is 8.42 Å². The van der Waals surface area contributed by atoms with Crippen molar-refractivity contribution in [3.8, 4) is 0 Å². The number of hydrogen-bond donors (Lipinski definition) is 1. The standard InChI is InChI=1S/C23H22ClN3O3S2/c1-4-15-9-11-16(12-10-15)32(29,30)25-18-13-19-20(27(3)23(28)26(19)2)14-22(18)31-21-8-6-5-7-17(21)24/h5-14,25H,4H2,1-3H3. The molecular weight excluding hydrogens is 466 g/mol. The number of fused-ring (bicyclic) bond motifs is 1. The largest absolute Gasteiger partial charge is 0.328 e. The number of benzene rings is 3. The van der Waals surface area contributed by atoms with Crippen molar-refractivity contribution in [3.05, 3.63) is 81.7 Å². The number of halogens is 1. The maximum Gasteiger partial charge on any atom is 0.328 e. The first-order valence-electron chi connectivity index (χ1n) is 9.95. The molecule has 0 aliphatic heterocycles. The molecule has 4 rings (SSSR count). The van der Waals surface area contributed by atoms with Gasteiger partial charge in [-0.05, 0) is 48.4 Å². The Morgan fingerprint density at radius 1 is 0.938 bits per heavy atom. The van der Waals surface area contributed by atoms with Crippen molar-refractivity contribution in [3.63, 3.8) is 0 Å². The molecule has 1 heterocycles. The minimum Gasteiger partial charge on any atom is -0.295 e. The van der Waals surface area contributed by atoms with E-state index in [4.69, 9.17) is 11.6 Å². The molecule has 0 spiro atoms. The van der Waals surface area contributed by atoms with Gasteiger partial charge in [-0.1, -0.05) is 54.6 Å². The predicted octanol–water partition coefficient (Wildman–Crippen LogP) is 5.04. The van der Waals surface area contributed by atoms with E-state index in [1.807, 2.05) is 31.2 Å². The molecule has 0 radical (unpaired) electrons. The first kappa shape index (κ1) is 22.5. The van der Waals surface area contributed by atoms with Gasteiger partial charge in [-0.15, -0.1) is 0 Å². The van der Waals surface area contributed by atoms with Crippen molar-refractivity contribution in [2.24, 2.45) is 14.1 Å². The van der Waals surface area contributed by atoms with Crippen LogP contribution in [-0.2, 0) is 30.5 Å². The lowest BCUT2D eigenvalue weighted by Gasteiger charge is -2.14. The van der Waals surface area contributed by atoms with Crippen LogP contribution in [0.5, 0.6) is 0 Å². The fourth-order valence-electron chi connectivity index (χ4n) is 3.44. The summed E-state index contributed by atoms with van der Waals surface area (Å²) in [5.41, 5.74) is 2.56. The molecule has 4 aromatic rings. The fourth-order valence-corrected chi connectivity index (χ4v) is 5.77. The molecule has 0 saturated carbocycles. The van der Waals surface area contributed by atoms with E-state index in [1.54, 1.807) is 50.5 Å². The third-order valence-corrected chi connectivity index (χ3v) is 8.27. The highest BCUT2D eigenvalue weighted by atomic mass is 35.5. The molecule has 3 aromatic carbocycles. The molecule has 166 valence electrons. The SMILES string of the molecule is CCc1ccc(S(=O)(=O)Nc2cc3c(cc2Sc2ccccc2Cl)n(C)c(=O)n3C)cc1. The zero-order valence-electron chi connectivity index (χ0n) is 17.8. The van der Waals surface area contributed by atoms with Crippen LogP contribution in [0.4, 0.5) is 5.69 Å². The van der Waals surface area contributed by atoms with Crippen LogP contribution in [0.3, 0.4) is 0 Å². The number of aromatic nitrogens is 2. The van der Waals surface area contributed by atoms with Crippen LogP contribution in [0.25, 0.3) is 11.0 Å². The van der Waals surface area contributed by atoms with Crippen LogP contribution in [0.15, 0.2) is 80.1 Å². The summed E-state index contributed by atoms with van der Waals surface area (Å²) in [5.74, 6) is 0. The van der Waals surface area contributed by atoms with Crippen LogP contribution in [-0.4, -0.2) is 17.6 Å². The average Bonchev–Trinajstić information content (AvgIpc) is 2.99. The lowest BCUT2D eigenvalue weighted by Crippen LogP contribution is -2.19. The molecule has 0 saturated heterocycles. The number of rotatable bonds is 6. The van der Waals surface area contributed by atoms with Crippen LogP contribution >= 0.6 is 23.4 Å². The second kappa shape index (κ2) is 8.69. The quantitative estimate of drug-likeness (QED) is 0.413. The van der Waals surface area contributed by atoms with E-state index >= 15 is 0 Å². The zero-order chi connectivity index (χ0) is 23.0. The zero-order valence-corrected chi connectivity index (χ0v) is 20.2. The molecule has 1 N–H and O–H groups in total. The van der Waals surface area contributed by atoms with Gasteiger partial charge in [0.2, 0.25) is 0 Å². The Kier molecular flexibility index (Phi) is 6.11. The smallest absolute Gasteiger partial charge is 0.295 e. The van der Waals surface area contributed by atoms with Gasteiger partial charge in [0.15, 0.2) is 0 Å². The van der Waals surface area contributed by atoms with E-state index in [9.17, 15) is 13.2 Å². The summed E-state index contributed by atoms with van der Waals surface area (Å²) in [5, 5.41) is 0.559. The van der Waals surface area contributed by atoms with Gasteiger partial charge in [-0.2, -0.15) is 0 Å². The summed E-state index contributed by atoms with van der Waals surface area (Å²) < 4.78 is 32.0. The van der Waals surface area contributed by atoms with Gasteiger partial charge < -0.3 is 0 Å². The van der Waals surface area contributed by atoms with Gasteiger partial charge >= 0.3 is 5.69 Å². The van der Waals surface area contributed by atoms with E-state index < -0.39 is 10.0 Å². The van der Waals surface area contributed by atoms with Gasteiger partial charge in [0.25, 0.3) is 10.0 Å². The van der Waals surface area contributed by atoms with Gasteiger partial charge in [0, 0.05) is 23.9 Å². The Hall–Kier alpha value is -2.68. The normalized spacial score (nSPS) is 11.8. The van der Waals surface area contributed by atoms with E-state index in [0.29, 0.717) is 26.6 Å². The van der Waals surface area contributed by atoms with Crippen molar-refractivity contribution in [1.82, 2.24) is 9.13 Å². The van der Waals surface area contributed by atoms with Crippen molar-refractivity contribution >= 4 is 50.1 Å². The third kappa shape index (κ3) is 4.18. The Morgan fingerprint density at radius 3 is 2.19 bits per heavy atom. The Bertz CT molecular complexity index is 1470. The molecule has 32 heavy (non-hydrogen) atoms. The second-order valence-electron chi connectivity index (χ2n) is 7.37. The topological polar surface area (TPSA) is 73.1 Å².